The number of carbonyl (C=O) groups excluding carboxylic acids is 2. The monoisotopic (exact) mass is 473 g/mol. The van der Waals surface area contributed by atoms with Crippen molar-refractivity contribution in [1.82, 2.24) is 9.80 Å². The lowest BCUT2D eigenvalue weighted by molar-refractivity contribution is -0.130. The number of amides is 2. The van der Waals surface area contributed by atoms with Crippen LogP contribution in [0, 0.1) is 0 Å². The molecular formula is C22H24BrN3O2S. The second-order valence-electron chi connectivity index (χ2n) is 6.92. The normalized spacial score (nSPS) is 16.4. The smallest absolute Gasteiger partial charge is 0.252 e. The van der Waals surface area contributed by atoms with Gasteiger partial charge in [-0.25, -0.2) is 0 Å². The largest absolute Gasteiger partial charge is 0.336 e. The molecule has 3 rings (SSSR count). The number of hydrogen-bond acceptors (Lipinski definition) is 3. The minimum absolute atomic E-state index is 0.0802. The van der Waals surface area contributed by atoms with Crippen LogP contribution in [0.15, 0.2) is 59.1 Å². The fraction of sp³-hybridized carbons (Fsp3) is 0.318. The zero-order valence-electron chi connectivity index (χ0n) is 16.3. The zero-order valence-corrected chi connectivity index (χ0v) is 18.7. The van der Waals surface area contributed by atoms with E-state index < -0.39 is 6.04 Å². The first-order chi connectivity index (χ1) is 14.0. The molecule has 0 spiro atoms. The summed E-state index contributed by atoms with van der Waals surface area (Å²) in [6.07, 6.45) is 1.84. The lowest BCUT2D eigenvalue weighted by Crippen LogP contribution is -2.38. The van der Waals surface area contributed by atoms with Crippen molar-refractivity contribution in [1.29, 1.82) is 0 Å². The highest BCUT2D eigenvalue weighted by molar-refractivity contribution is 9.10. The maximum atomic E-state index is 12.8. The van der Waals surface area contributed by atoms with E-state index in [0.29, 0.717) is 23.9 Å². The maximum Gasteiger partial charge on any atom is 0.252 e. The molecule has 2 amide bonds. The highest BCUT2D eigenvalue weighted by Crippen LogP contribution is 2.22. The lowest BCUT2D eigenvalue weighted by atomic mass is 10.1. The van der Waals surface area contributed by atoms with Gasteiger partial charge in [0, 0.05) is 23.2 Å². The topological polar surface area (TPSA) is 52.7 Å². The minimum Gasteiger partial charge on any atom is -0.336 e. The van der Waals surface area contributed by atoms with Gasteiger partial charge in [0.2, 0.25) is 5.91 Å². The van der Waals surface area contributed by atoms with E-state index in [1.165, 1.54) is 5.56 Å². The summed E-state index contributed by atoms with van der Waals surface area (Å²) >= 11 is 8.91. The molecule has 29 heavy (non-hydrogen) atoms. The molecule has 1 N–H and O–H groups in total. The number of hydrogen-bond donors (Lipinski definition) is 1. The molecule has 1 fully saturated rings. The van der Waals surface area contributed by atoms with Crippen molar-refractivity contribution in [2.24, 2.45) is 0 Å². The summed E-state index contributed by atoms with van der Waals surface area (Å²) in [5, 5.41) is 3.39. The number of nitrogens with zero attached hydrogens (tertiary/aromatic N) is 2. The summed E-state index contributed by atoms with van der Waals surface area (Å²) in [6, 6.07) is 17.0. The fourth-order valence-electron chi connectivity index (χ4n) is 3.45. The molecule has 0 bridgehead atoms. The van der Waals surface area contributed by atoms with Gasteiger partial charge in [-0.2, -0.15) is 0 Å². The van der Waals surface area contributed by atoms with Crippen molar-refractivity contribution in [2.45, 2.75) is 32.2 Å². The number of rotatable bonds is 8. The Kier molecular flexibility index (Phi) is 7.39. The molecule has 152 valence electrons. The summed E-state index contributed by atoms with van der Waals surface area (Å²) in [6.45, 7) is 3.06. The van der Waals surface area contributed by atoms with Crippen LogP contribution in [0.3, 0.4) is 0 Å². The van der Waals surface area contributed by atoms with Crippen molar-refractivity contribution in [3.8, 4) is 0 Å². The van der Waals surface area contributed by atoms with E-state index in [-0.39, 0.29) is 18.2 Å². The van der Waals surface area contributed by atoms with Crippen molar-refractivity contribution in [3.63, 3.8) is 0 Å². The summed E-state index contributed by atoms with van der Waals surface area (Å²) < 4.78 is 0.940. The van der Waals surface area contributed by atoms with Gasteiger partial charge in [-0.15, -0.1) is 0 Å². The first-order valence-electron chi connectivity index (χ1n) is 9.71. The third-order valence-electron chi connectivity index (χ3n) is 4.93. The van der Waals surface area contributed by atoms with E-state index in [1.807, 2.05) is 54.3 Å². The summed E-state index contributed by atoms with van der Waals surface area (Å²) in [5.74, 6) is -0.289. The molecule has 7 heteroatoms. The van der Waals surface area contributed by atoms with Crippen LogP contribution in [0.4, 0.5) is 5.69 Å². The predicted molar refractivity (Wildman–Crippen MR) is 123 cm³/mol. The van der Waals surface area contributed by atoms with Gasteiger partial charge in [0.25, 0.3) is 5.91 Å². The number of anilines is 1. The first-order valence-corrected chi connectivity index (χ1v) is 10.9. The molecule has 0 aliphatic carbocycles. The number of benzene rings is 2. The second kappa shape index (κ2) is 9.98. The van der Waals surface area contributed by atoms with Crippen molar-refractivity contribution >= 4 is 50.8 Å². The Labute approximate surface area is 185 Å². The number of likely N-dealkylation sites (N-methyl/N-ethyl adjacent to an activating group) is 1. The number of nitrogens with one attached hydrogen (secondary N) is 1. The molecular weight excluding hydrogens is 450 g/mol. The van der Waals surface area contributed by atoms with E-state index in [0.717, 1.165) is 17.3 Å². The van der Waals surface area contributed by atoms with Crippen LogP contribution in [0.5, 0.6) is 0 Å². The van der Waals surface area contributed by atoms with E-state index in [2.05, 4.69) is 33.4 Å². The van der Waals surface area contributed by atoms with Gasteiger partial charge in [0.05, 0.1) is 6.42 Å². The van der Waals surface area contributed by atoms with Gasteiger partial charge in [0.15, 0.2) is 5.11 Å². The zero-order chi connectivity index (χ0) is 20.8. The molecule has 1 heterocycles. The van der Waals surface area contributed by atoms with Gasteiger partial charge in [-0.3, -0.25) is 14.5 Å². The van der Waals surface area contributed by atoms with Crippen LogP contribution in [0.25, 0.3) is 0 Å². The van der Waals surface area contributed by atoms with E-state index in [4.69, 9.17) is 12.2 Å². The quantitative estimate of drug-likeness (QED) is 0.582. The summed E-state index contributed by atoms with van der Waals surface area (Å²) in [7, 11) is 0. The molecule has 0 aromatic heterocycles. The third-order valence-corrected chi connectivity index (χ3v) is 5.92. The van der Waals surface area contributed by atoms with Crippen LogP contribution in [-0.4, -0.2) is 45.9 Å². The number of aryl methyl sites for hydroxylation is 1. The molecule has 0 unspecified atom stereocenters. The Morgan fingerprint density at radius 3 is 2.48 bits per heavy atom. The molecule has 5 nitrogen and oxygen atoms in total. The third kappa shape index (κ3) is 5.42. The Bertz CT molecular complexity index is 873. The predicted octanol–water partition coefficient (Wildman–Crippen LogP) is 4.23. The molecule has 1 aliphatic rings. The van der Waals surface area contributed by atoms with E-state index >= 15 is 0 Å². The summed E-state index contributed by atoms with van der Waals surface area (Å²) in [4.78, 5) is 28.9. The van der Waals surface area contributed by atoms with Crippen molar-refractivity contribution < 1.29 is 9.59 Å². The summed E-state index contributed by atoms with van der Waals surface area (Å²) in [5.41, 5.74) is 1.95. The van der Waals surface area contributed by atoms with Crippen LogP contribution in [0.1, 0.15) is 25.3 Å². The average molecular weight is 474 g/mol. The highest BCUT2D eigenvalue weighted by atomic mass is 79.9. The minimum atomic E-state index is -0.548. The SMILES string of the molecule is CCN1C(=O)[C@H](CC(=O)Nc2ccc(Br)cc2)N(CCCc2ccccc2)C1=S. The molecule has 2 aromatic rings. The van der Waals surface area contributed by atoms with Gasteiger partial charge >= 0.3 is 0 Å². The maximum absolute atomic E-state index is 12.8. The number of thiocarbonyl (C=S) groups is 1. The van der Waals surface area contributed by atoms with Crippen molar-refractivity contribution in [3.05, 3.63) is 64.6 Å². The standard InChI is InChI=1S/C22H24BrN3O2S/c1-2-25-21(28)19(15-20(27)24-18-12-10-17(23)11-13-18)26(22(25)29)14-6-9-16-7-4-3-5-8-16/h3-5,7-8,10-13,19H,2,6,9,14-15H2,1H3,(H,24,27)/t19-/m0/s1. The van der Waals surface area contributed by atoms with Crippen LogP contribution >= 0.6 is 28.1 Å². The lowest BCUT2D eigenvalue weighted by Gasteiger charge is -2.23. The second-order valence-corrected chi connectivity index (χ2v) is 8.20. The van der Waals surface area contributed by atoms with Gasteiger partial charge < -0.3 is 10.2 Å². The van der Waals surface area contributed by atoms with Crippen molar-refractivity contribution in [2.75, 3.05) is 18.4 Å². The number of halogens is 1. The van der Waals surface area contributed by atoms with Gasteiger partial charge in [-0.05, 0) is 61.8 Å². The van der Waals surface area contributed by atoms with Crippen LogP contribution in [-0.2, 0) is 16.0 Å². The molecule has 0 radical (unpaired) electrons. The Balaban J connectivity index is 1.64. The highest BCUT2D eigenvalue weighted by Gasteiger charge is 2.42. The van der Waals surface area contributed by atoms with E-state index in [1.54, 1.807) is 4.90 Å². The van der Waals surface area contributed by atoms with Crippen LogP contribution < -0.4 is 5.32 Å². The molecule has 0 saturated carbocycles. The molecule has 1 saturated heterocycles. The van der Waals surface area contributed by atoms with Gasteiger partial charge in [0.1, 0.15) is 6.04 Å². The Morgan fingerprint density at radius 1 is 1.14 bits per heavy atom. The van der Waals surface area contributed by atoms with E-state index in [9.17, 15) is 9.59 Å². The Morgan fingerprint density at radius 2 is 1.83 bits per heavy atom. The Hall–Kier alpha value is -2.25. The van der Waals surface area contributed by atoms with Gasteiger partial charge in [-0.1, -0.05) is 46.3 Å². The fourth-order valence-corrected chi connectivity index (χ4v) is 4.16. The first kappa shape index (κ1) is 21.5. The molecule has 1 aliphatic heterocycles. The number of carbonyl (C=O) groups is 2. The molecule has 1 atom stereocenters. The molecule has 2 aromatic carbocycles. The average Bonchev–Trinajstić information content (AvgIpc) is 2.94. The van der Waals surface area contributed by atoms with Crippen LogP contribution in [0.2, 0.25) is 0 Å².